The van der Waals surface area contributed by atoms with E-state index in [-0.39, 0.29) is 5.91 Å². The summed E-state index contributed by atoms with van der Waals surface area (Å²) in [6, 6.07) is 3.78. The van der Waals surface area contributed by atoms with Crippen LogP contribution >= 0.6 is 11.6 Å². The number of ether oxygens (including phenoxy) is 1. The molecule has 0 atom stereocenters. The van der Waals surface area contributed by atoms with Gasteiger partial charge in [0.2, 0.25) is 0 Å². The van der Waals surface area contributed by atoms with Crippen molar-refractivity contribution in [3.05, 3.63) is 34.0 Å². The third-order valence-corrected chi connectivity index (χ3v) is 3.22. The van der Waals surface area contributed by atoms with Gasteiger partial charge in [0, 0.05) is 24.6 Å². The van der Waals surface area contributed by atoms with Gasteiger partial charge in [0.25, 0.3) is 5.91 Å². The second-order valence-corrected chi connectivity index (χ2v) is 4.84. The van der Waals surface area contributed by atoms with Crippen LogP contribution in [0.5, 0.6) is 0 Å². The lowest BCUT2D eigenvalue weighted by Gasteiger charge is -2.02. The van der Waals surface area contributed by atoms with Gasteiger partial charge in [-0.25, -0.2) is 0 Å². The van der Waals surface area contributed by atoms with E-state index in [1.807, 2.05) is 26.0 Å². The van der Waals surface area contributed by atoms with Crippen LogP contribution in [-0.4, -0.2) is 26.2 Å². The van der Waals surface area contributed by atoms with Crippen molar-refractivity contribution < 1.29 is 13.9 Å². The maximum Gasteiger partial charge on any atom is 0.287 e. The van der Waals surface area contributed by atoms with Crippen LogP contribution in [0.2, 0.25) is 5.02 Å². The van der Waals surface area contributed by atoms with Gasteiger partial charge in [-0.15, -0.1) is 0 Å². The Kier molecular flexibility index (Phi) is 4.12. The Labute approximate surface area is 116 Å². The van der Waals surface area contributed by atoms with Crippen molar-refractivity contribution in [2.24, 2.45) is 0 Å². The highest BCUT2D eigenvalue weighted by molar-refractivity contribution is 6.35. The number of fused-ring (bicyclic) bond motifs is 1. The minimum absolute atomic E-state index is 0.250. The number of methoxy groups -OCH3 is 1. The van der Waals surface area contributed by atoms with Crippen LogP contribution in [-0.2, 0) is 4.74 Å². The highest BCUT2D eigenvalue weighted by Crippen LogP contribution is 2.31. The third kappa shape index (κ3) is 2.74. The first kappa shape index (κ1) is 13.9. The van der Waals surface area contributed by atoms with Gasteiger partial charge in [0.05, 0.1) is 11.6 Å². The SMILES string of the molecule is COCCNC(=O)c1oc2c(Cl)cc(C)cc2c1C. The number of carbonyl (C=O) groups excluding carboxylic acids is 1. The summed E-state index contributed by atoms with van der Waals surface area (Å²) in [4.78, 5) is 12.0. The molecule has 0 saturated heterocycles. The number of furan rings is 1. The number of amides is 1. The van der Waals surface area contributed by atoms with Gasteiger partial charge in [-0.2, -0.15) is 0 Å². The molecule has 0 aliphatic heterocycles. The van der Waals surface area contributed by atoms with Crippen molar-refractivity contribution in [2.45, 2.75) is 13.8 Å². The maximum atomic E-state index is 12.0. The molecule has 1 aromatic carbocycles. The number of aryl methyl sites for hydroxylation is 2. The van der Waals surface area contributed by atoms with Crippen molar-refractivity contribution in [3.8, 4) is 0 Å². The zero-order valence-corrected chi connectivity index (χ0v) is 11.9. The van der Waals surface area contributed by atoms with Gasteiger partial charge in [-0.3, -0.25) is 4.79 Å². The molecule has 1 heterocycles. The summed E-state index contributed by atoms with van der Waals surface area (Å²) in [5.74, 6) is 0.0538. The first-order valence-corrected chi connectivity index (χ1v) is 6.38. The molecular weight excluding hydrogens is 266 g/mol. The normalized spacial score (nSPS) is 10.9. The summed E-state index contributed by atoms with van der Waals surface area (Å²) in [7, 11) is 1.58. The van der Waals surface area contributed by atoms with E-state index in [1.54, 1.807) is 7.11 Å². The van der Waals surface area contributed by atoms with Crippen LogP contribution < -0.4 is 5.32 Å². The van der Waals surface area contributed by atoms with Crippen LogP contribution in [0.4, 0.5) is 0 Å². The monoisotopic (exact) mass is 281 g/mol. The summed E-state index contributed by atoms with van der Waals surface area (Å²) in [6.45, 7) is 4.71. The highest BCUT2D eigenvalue weighted by Gasteiger charge is 2.19. The van der Waals surface area contributed by atoms with E-state index in [9.17, 15) is 4.79 Å². The fourth-order valence-corrected chi connectivity index (χ4v) is 2.29. The molecule has 2 rings (SSSR count). The number of carbonyl (C=O) groups is 1. The number of rotatable bonds is 4. The van der Waals surface area contributed by atoms with Crippen molar-refractivity contribution in [3.63, 3.8) is 0 Å². The molecule has 1 N–H and O–H groups in total. The molecule has 19 heavy (non-hydrogen) atoms. The van der Waals surface area contributed by atoms with Crippen molar-refractivity contribution >= 4 is 28.5 Å². The standard InChI is InChI=1S/C14H16ClNO3/c1-8-6-10-9(2)12(14(17)16-4-5-18-3)19-13(10)11(15)7-8/h6-7H,4-5H2,1-3H3,(H,16,17). The number of hydrogen-bond donors (Lipinski definition) is 1. The Balaban J connectivity index is 2.37. The summed E-state index contributed by atoms with van der Waals surface area (Å²) >= 11 is 6.13. The van der Waals surface area contributed by atoms with E-state index in [2.05, 4.69) is 5.32 Å². The van der Waals surface area contributed by atoms with Crippen LogP contribution in [0.3, 0.4) is 0 Å². The maximum absolute atomic E-state index is 12.0. The molecular formula is C14H16ClNO3. The Morgan fingerprint density at radius 1 is 1.42 bits per heavy atom. The second-order valence-electron chi connectivity index (χ2n) is 4.43. The van der Waals surface area contributed by atoms with Gasteiger partial charge in [0.15, 0.2) is 11.3 Å². The van der Waals surface area contributed by atoms with Crippen LogP contribution in [0.1, 0.15) is 21.7 Å². The number of nitrogens with one attached hydrogen (secondary N) is 1. The summed E-state index contributed by atoms with van der Waals surface area (Å²) in [6.07, 6.45) is 0. The smallest absolute Gasteiger partial charge is 0.287 e. The van der Waals surface area contributed by atoms with E-state index in [0.29, 0.717) is 29.5 Å². The molecule has 102 valence electrons. The molecule has 1 aromatic heterocycles. The molecule has 5 heteroatoms. The molecule has 0 fully saturated rings. The summed E-state index contributed by atoms with van der Waals surface area (Å²) in [5, 5.41) is 4.13. The van der Waals surface area contributed by atoms with E-state index in [4.69, 9.17) is 20.8 Å². The minimum Gasteiger partial charge on any atom is -0.449 e. The topological polar surface area (TPSA) is 51.5 Å². The van der Waals surface area contributed by atoms with Gasteiger partial charge < -0.3 is 14.5 Å². The van der Waals surface area contributed by atoms with E-state index in [0.717, 1.165) is 16.5 Å². The molecule has 4 nitrogen and oxygen atoms in total. The van der Waals surface area contributed by atoms with Gasteiger partial charge in [-0.1, -0.05) is 11.6 Å². The molecule has 0 aliphatic rings. The van der Waals surface area contributed by atoms with Gasteiger partial charge in [-0.05, 0) is 31.5 Å². The molecule has 0 unspecified atom stereocenters. The fraction of sp³-hybridized carbons (Fsp3) is 0.357. The zero-order chi connectivity index (χ0) is 14.0. The predicted molar refractivity (Wildman–Crippen MR) is 74.9 cm³/mol. The van der Waals surface area contributed by atoms with E-state index in [1.165, 1.54) is 0 Å². The largest absolute Gasteiger partial charge is 0.449 e. The fourth-order valence-electron chi connectivity index (χ4n) is 1.98. The molecule has 0 radical (unpaired) electrons. The average molecular weight is 282 g/mol. The predicted octanol–water partition coefficient (Wildman–Crippen LogP) is 3.08. The summed E-state index contributed by atoms with van der Waals surface area (Å²) < 4.78 is 10.5. The van der Waals surface area contributed by atoms with E-state index >= 15 is 0 Å². The van der Waals surface area contributed by atoms with Crippen molar-refractivity contribution in [1.29, 1.82) is 0 Å². The lowest BCUT2D eigenvalue weighted by atomic mass is 10.1. The van der Waals surface area contributed by atoms with Gasteiger partial charge in [0.1, 0.15) is 0 Å². The van der Waals surface area contributed by atoms with Crippen molar-refractivity contribution in [2.75, 3.05) is 20.3 Å². The molecule has 1 amide bonds. The first-order chi connectivity index (χ1) is 9.04. The van der Waals surface area contributed by atoms with Crippen LogP contribution in [0.25, 0.3) is 11.0 Å². The molecule has 0 bridgehead atoms. The third-order valence-electron chi connectivity index (χ3n) is 2.93. The Hall–Kier alpha value is -1.52. The highest BCUT2D eigenvalue weighted by atomic mass is 35.5. The van der Waals surface area contributed by atoms with Crippen LogP contribution in [0.15, 0.2) is 16.5 Å². The quantitative estimate of drug-likeness (QED) is 0.876. The van der Waals surface area contributed by atoms with Gasteiger partial charge >= 0.3 is 0 Å². The first-order valence-electron chi connectivity index (χ1n) is 6.01. The number of hydrogen-bond acceptors (Lipinski definition) is 3. The Morgan fingerprint density at radius 2 is 2.16 bits per heavy atom. The lowest BCUT2D eigenvalue weighted by Crippen LogP contribution is -2.27. The number of halogens is 1. The molecule has 0 saturated carbocycles. The minimum atomic E-state index is -0.250. The molecule has 0 aliphatic carbocycles. The van der Waals surface area contributed by atoms with E-state index < -0.39 is 0 Å². The molecule has 2 aromatic rings. The Morgan fingerprint density at radius 3 is 2.84 bits per heavy atom. The van der Waals surface area contributed by atoms with Crippen molar-refractivity contribution in [1.82, 2.24) is 5.32 Å². The summed E-state index contributed by atoms with van der Waals surface area (Å²) in [5.41, 5.74) is 2.39. The molecule has 0 spiro atoms. The lowest BCUT2D eigenvalue weighted by molar-refractivity contribution is 0.0911. The second kappa shape index (κ2) is 5.63. The Bertz CT molecular complexity index is 619. The van der Waals surface area contributed by atoms with Crippen LogP contribution in [0, 0.1) is 13.8 Å². The zero-order valence-electron chi connectivity index (χ0n) is 11.2. The average Bonchev–Trinajstić information content (AvgIpc) is 2.68. The number of benzene rings is 1.